The van der Waals surface area contributed by atoms with E-state index in [2.05, 4.69) is 13.8 Å². The first-order valence-electron chi connectivity index (χ1n) is 6.22. The number of carbonyl (C=O) groups is 1. The molecule has 0 N–H and O–H groups in total. The van der Waals surface area contributed by atoms with Gasteiger partial charge in [0.25, 0.3) is 0 Å². The minimum atomic E-state index is -0.651. The third-order valence-corrected chi connectivity index (χ3v) is 3.66. The van der Waals surface area contributed by atoms with E-state index in [1.807, 2.05) is 0 Å². The monoisotopic (exact) mass is 253 g/mol. The number of rotatable bonds is 3. The predicted octanol–water partition coefficient (Wildman–Crippen LogP) is 3.26. The Balaban J connectivity index is 2.27. The Bertz CT molecular complexity index is 436. The fourth-order valence-corrected chi connectivity index (χ4v) is 2.49. The van der Waals surface area contributed by atoms with Crippen molar-refractivity contribution >= 4 is 12.0 Å². The normalized spacial score (nSPS) is 19.6. The molecule has 4 heteroatoms. The van der Waals surface area contributed by atoms with Crippen molar-refractivity contribution in [3.05, 3.63) is 29.3 Å². The standard InChI is InChI=1S/C14H17F2NO/c1-9(2)11-3-4-17(7-11)14-12(15)5-10(8-18)6-13(14)16/h5-6,8-9,11H,3-4,7H2,1-2H3. The molecule has 1 heterocycles. The van der Waals surface area contributed by atoms with Crippen molar-refractivity contribution in [2.45, 2.75) is 20.3 Å². The molecule has 2 rings (SSSR count). The molecular formula is C14H17F2NO. The van der Waals surface area contributed by atoms with Crippen molar-refractivity contribution in [1.82, 2.24) is 0 Å². The van der Waals surface area contributed by atoms with Crippen molar-refractivity contribution in [3.8, 4) is 0 Å². The van der Waals surface area contributed by atoms with Gasteiger partial charge in [0.05, 0.1) is 0 Å². The van der Waals surface area contributed by atoms with Crippen molar-refractivity contribution in [2.24, 2.45) is 11.8 Å². The molecule has 0 aliphatic carbocycles. The van der Waals surface area contributed by atoms with Gasteiger partial charge in [0.1, 0.15) is 23.6 Å². The zero-order valence-corrected chi connectivity index (χ0v) is 10.6. The van der Waals surface area contributed by atoms with Gasteiger partial charge in [-0.15, -0.1) is 0 Å². The maximum atomic E-state index is 13.8. The summed E-state index contributed by atoms with van der Waals surface area (Å²) in [6.07, 6.45) is 1.41. The summed E-state index contributed by atoms with van der Waals surface area (Å²) in [5.41, 5.74) is 0.0390. The highest BCUT2D eigenvalue weighted by Gasteiger charge is 2.28. The second-order valence-corrected chi connectivity index (χ2v) is 5.19. The summed E-state index contributed by atoms with van der Waals surface area (Å²) >= 11 is 0. The summed E-state index contributed by atoms with van der Waals surface area (Å²) in [5, 5.41) is 0. The van der Waals surface area contributed by atoms with E-state index in [-0.39, 0.29) is 11.3 Å². The minimum absolute atomic E-state index is 0.00347. The summed E-state index contributed by atoms with van der Waals surface area (Å²) in [4.78, 5) is 12.3. The number of hydrogen-bond acceptors (Lipinski definition) is 2. The molecule has 1 aliphatic rings. The highest BCUT2D eigenvalue weighted by atomic mass is 19.1. The van der Waals surface area contributed by atoms with E-state index in [1.165, 1.54) is 0 Å². The van der Waals surface area contributed by atoms with Crippen LogP contribution in [0.15, 0.2) is 12.1 Å². The lowest BCUT2D eigenvalue weighted by Crippen LogP contribution is -2.23. The second kappa shape index (κ2) is 5.04. The van der Waals surface area contributed by atoms with E-state index in [0.29, 0.717) is 31.2 Å². The first-order valence-corrected chi connectivity index (χ1v) is 6.22. The van der Waals surface area contributed by atoms with Crippen LogP contribution >= 0.6 is 0 Å². The fraction of sp³-hybridized carbons (Fsp3) is 0.500. The molecule has 1 unspecified atom stereocenters. The Morgan fingerprint density at radius 2 is 1.94 bits per heavy atom. The van der Waals surface area contributed by atoms with Gasteiger partial charge in [-0.3, -0.25) is 4.79 Å². The molecule has 1 saturated heterocycles. The van der Waals surface area contributed by atoms with Gasteiger partial charge < -0.3 is 4.90 Å². The average molecular weight is 253 g/mol. The average Bonchev–Trinajstić information content (AvgIpc) is 2.77. The van der Waals surface area contributed by atoms with Crippen LogP contribution in [0.1, 0.15) is 30.6 Å². The molecule has 1 aliphatic heterocycles. The molecule has 1 atom stereocenters. The number of anilines is 1. The summed E-state index contributed by atoms with van der Waals surface area (Å²) in [5.74, 6) is -0.326. The molecule has 1 aromatic carbocycles. The van der Waals surface area contributed by atoms with Gasteiger partial charge in [-0.2, -0.15) is 0 Å². The number of halogens is 2. The lowest BCUT2D eigenvalue weighted by Gasteiger charge is -2.21. The van der Waals surface area contributed by atoms with Crippen molar-refractivity contribution < 1.29 is 13.6 Å². The van der Waals surface area contributed by atoms with Gasteiger partial charge in [0, 0.05) is 18.7 Å². The molecule has 18 heavy (non-hydrogen) atoms. The maximum absolute atomic E-state index is 13.8. The molecule has 0 saturated carbocycles. The summed E-state index contributed by atoms with van der Waals surface area (Å²) in [7, 11) is 0. The molecule has 0 aromatic heterocycles. The van der Waals surface area contributed by atoms with E-state index < -0.39 is 11.6 Å². The van der Waals surface area contributed by atoms with Crippen LogP contribution in [-0.4, -0.2) is 19.4 Å². The Morgan fingerprint density at radius 3 is 2.39 bits per heavy atom. The highest BCUT2D eigenvalue weighted by molar-refractivity contribution is 5.76. The summed E-state index contributed by atoms with van der Waals surface area (Å²) in [6, 6.07) is 2.18. The Hall–Kier alpha value is -1.45. The topological polar surface area (TPSA) is 20.3 Å². The predicted molar refractivity (Wildman–Crippen MR) is 66.9 cm³/mol. The van der Waals surface area contributed by atoms with Crippen LogP contribution in [0.5, 0.6) is 0 Å². The van der Waals surface area contributed by atoms with E-state index in [9.17, 15) is 13.6 Å². The zero-order valence-electron chi connectivity index (χ0n) is 10.6. The number of carbonyl (C=O) groups excluding carboxylic acids is 1. The van der Waals surface area contributed by atoms with Crippen LogP contribution < -0.4 is 4.90 Å². The molecule has 0 spiro atoms. The van der Waals surface area contributed by atoms with E-state index >= 15 is 0 Å². The number of hydrogen-bond donors (Lipinski definition) is 0. The van der Waals surface area contributed by atoms with E-state index in [1.54, 1.807) is 4.90 Å². The first-order chi connectivity index (χ1) is 8.52. The number of benzene rings is 1. The van der Waals surface area contributed by atoms with Gasteiger partial charge in [-0.1, -0.05) is 13.8 Å². The lowest BCUT2D eigenvalue weighted by molar-refractivity contribution is 0.112. The maximum Gasteiger partial charge on any atom is 0.150 e. The molecule has 0 amide bonds. The van der Waals surface area contributed by atoms with Crippen LogP contribution in [0.2, 0.25) is 0 Å². The van der Waals surface area contributed by atoms with Crippen LogP contribution in [0.4, 0.5) is 14.5 Å². The van der Waals surface area contributed by atoms with Gasteiger partial charge in [-0.25, -0.2) is 8.78 Å². The van der Waals surface area contributed by atoms with Gasteiger partial charge >= 0.3 is 0 Å². The molecule has 2 nitrogen and oxygen atoms in total. The third kappa shape index (κ3) is 2.37. The van der Waals surface area contributed by atoms with Gasteiger partial charge in [-0.05, 0) is 30.4 Å². The summed E-state index contributed by atoms with van der Waals surface area (Å²) in [6.45, 7) is 5.58. The van der Waals surface area contributed by atoms with Gasteiger partial charge in [0.15, 0.2) is 0 Å². The quantitative estimate of drug-likeness (QED) is 0.771. The third-order valence-electron chi connectivity index (χ3n) is 3.66. The second-order valence-electron chi connectivity index (χ2n) is 5.19. The van der Waals surface area contributed by atoms with E-state index in [4.69, 9.17) is 0 Å². The van der Waals surface area contributed by atoms with Crippen molar-refractivity contribution in [2.75, 3.05) is 18.0 Å². The largest absolute Gasteiger partial charge is 0.366 e. The van der Waals surface area contributed by atoms with Crippen LogP contribution in [0, 0.1) is 23.5 Å². The van der Waals surface area contributed by atoms with Crippen molar-refractivity contribution in [3.63, 3.8) is 0 Å². The van der Waals surface area contributed by atoms with Crippen LogP contribution in [-0.2, 0) is 0 Å². The molecule has 1 aromatic rings. The molecule has 1 fully saturated rings. The highest BCUT2D eigenvalue weighted by Crippen LogP contribution is 2.32. The number of nitrogens with zero attached hydrogens (tertiary/aromatic N) is 1. The molecular weight excluding hydrogens is 236 g/mol. The molecule has 0 bridgehead atoms. The smallest absolute Gasteiger partial charge is 0.150 e. The van der Waals surface area contributed by atoms with E-state index in [0.717, 1.165) is 18.6 Å². The fourth-order valence-electron chi connectivity index (χ4n) is 2.49. The Kier molecular flexibility index (Phi) is 3.64. The Labute approximate surface area is 106 Å². The van der Waals surface area contributed by atoms with Crippen LogP contribution in [0.3, 0.4) is 0 Å². The number of aldehydes is 1. The molecule has 0 radical (unpaired) electrons. The lowest BCUT2D eigenvalue weighted by atomic mass is 9.95. The first kappa shape index (κ1) is 13.0. The summed E-state index contributed by atoms with van der Waals surface area (Å²) < 4.78 is 27.7. The van der Waals surface area contributed by atoms with Gasteiger partial charge in [0.2, 0.25) is 0 Å². The van der Waals surface area contributed by atoms with Crippen LogP contribution in [0.25, 0.3) is 0 Å². The minimum Gasteiger partial charge on any atom is -0.366 e. The molecule has 98 valence electrons. The van der Waals surface area contributed by atoms with Crippen molar-refractivity contribution in [1.29, 1.82) is 0 Å². The Morgan fingerprint density at radius 1 is 1.33 bits per heavy atom. The SMILES string of the molecule is CC(C)C1CCN(c2c(F)cc(C=O)cc2F)C1. The zero-order chi connectivity index (χ0) is 13.3.